The highest BCUT2D eigenvalue weighted by atomic mass is 19.3. The van der Waals surface area contributed by atoms with Crippen molar-refractivity contribution >= 4 is 5.82 Å². The molecule has 78 valence electrons. The van der Waals surface area contributed by atoms with Gasteiger partial charge in [0.15, 0.2) is 5.82 Å². The van der Waals surface area contributed by atoms with Crippen molar-refractivity contribution in [2.24, 2.45) is 0 Å². The average molecular weight is 209 g/mol. The Morgan fingerprint density at radius 2 is 1.87 bits per heavy atom. The average Bonchev–Trinajstić information content (AvgIpc) is 2.61. The van der Waals surface area contributed by atoms with Gasteiger partial charge in [0.2, 0.25) is 0 Å². The van der Waals surface area contributed by atoms with Gasteiger partial charge < -0.3 is 5.73 Å². The molecule has 1 heterocycles. The summed E-state index contributed by atoms with van der Waals surface area (Å²) in [7, 11) is 0. The number of nitrogens with zero attached hydrogens (tertiary/aromatic N) is 1. The number of hydrogen-bond donors (Lipinski definition) is 2. The Balaban J connectivity index is 2.57. The third-order valence-corrected chi connectivity index (χ3v) is 2.10. The maximum atomic E-state index is 12.6. The number of aromatic nitrogens is 2. The van der Waals surface area contributed by atoms with Crippen LogP contribution in [-0.4, -0.2) is 10.2 Å². The number of benzene rings is 1. The summed E-state index contributed by atoms with van der Waals surface area (Å²) in [5.74, 6) is 0.0940. The van der Waals surface area contributed by atoms with Crippen LogP contribution in [-0.2, 0) is 0 Å². The fourth-order valence-electron chi connectivity index (χ4n) is 1.44. The molecule has 0 saturated heterocycles. The summed E-state index contributed by atoms with van der Waals surface area (Å²) in [6, 6.07) is 8.76. The number of halogens is 2. The van der Waals surface area contributed by atoms with Gasteiger partial charge in [-0.2, -0.15) is 5.10 Å². The fraction of sp³-hybridized carbons (Fsp3) is 0.100. The third kappa shape index (κ3) is 1.68. The second-order valence-electron chi connectivity index (χ2n) is 3.06. The van der Waals surface area contributed by atoms with Crippen molar-refractivity contribution in [2.75, 3.05) is 5.73 Å². The van der Waals surface area contributed by atoms with E-state index >= 15 is 0 Å². The van der Waals surface area contributed by atoms with E-state index < -0.39 is 6.43 Å². The number of nitrogens with two attached hydrogens (primary N) is 1. The number of nitrogens with one attached hydrogen (secondary N) is 1. The van der Waals surface area contributed by atoms with Crippen LogP contribution in [0.2, 0.25) is 0 Å². The van der Waals surface area contributed by atoms with Gasteiger partial charge in [0.1, 0.15) is 5.69 Å². The molecular weight excluding hydrogens is 200 g/mol. The second-order valence-corrected chi connectivity index (χ2v) is 3.06. The van der Waals surface area contributed by atoms with Crippen molar-refractivity contribution in [3.8, 4) is 11.1 Å². The van der Waals surface area contributed by atoms with E-state index in [-0.39, 0.29) is 17.1 Å². The minimum Gasteiger partial charge on any atom is -0.382 e. The topological polar surface area (TPSA) is 54.7 Å². The zero-order valence-electron chi connectivity index (χ0n) is 7.74. The highest BCUT2D eigenvalue weighted by Crippen LogP contribution is 2.33. The molecule has 0 saturated carbocycles. The molecule has 2 aromatic rings. The van der Waals surface area contributed by atoms with E-state index in [0.29, 0.717) is 5.56 Å². The maximum Gasteiger partial charge on any atom is 0.280 e. The smallest absolute Gasteiger partial charge is 0.280 e. The van der Waals surface area contributed by atoms with Crippen molar-refractivity contribution < 1.29 is 8.78 Å². The van der Waals surface area contributed by atoms with Crippen LogP contribution in [0.5, 0.6) is 0 Å². The SMILES string of the molecule is Nc1n[nH]c(C(F)F)c1-c1ccccc1. The van der Waals surface area contributed by atoms with Crippen molar-refractivity contribution in [3.05, 3.63) is 36.0 Å². The van der Waals surface area contributed by atoms with Crippen LogP contribution < -0.4 is 5.73 Å². The highest BCUT2D eigenvalue weighted by Gasteiger charge is 2.19. The van der Waals surface area contributed by atoms with Crippen LogP contribution in [0.3, 0.4) is 0 Å². The number of rotatable bonds is 2. The van der Waals surface area contributed by atoms with Gasteiger partial charge in [0.25, 0.3) is 6.43 Å². The van der Waals surface area contributed by atoms with Gasteiger partial charge in [-0.25, -0.2) is 8.78 Å². The summed E-state index contributed by atoms with van der Waals surface area (Å²) in [6.45, 7) is 0. The molecule has 1 aromatic heterocycles. The normalized spacial score (nSPS) is 10.9. The predicted molar refractivity (Wildman–Crippen MR) is 53.4 cm³/mol. The minimum absolute atomic E-state index is 0.0940. The summed E-state index contributed by atoms with van der Waals surface area (Å²) in [4.78, 5) is 0. The van der Waals surface area contributed by atoms with E-state index in [1.807, 2.05) is 6.07 Å². The zero-order chi connectivity index (χ0) is 10.8. The van der Waals surface area contributed by atoms with E-state index in [4.69, 9.17) is 5.73 Å². The lowest BCUT2D eigenvalue weighted by Crippen LogP contribution is -1.91. The molecule has 0 unspecified atom stereocenters. The van der Waals surface area contributed by atoms with Crippen molar-refractivity contribution in [1.82, 2.24) is 10.2 Å². The molecule has 0 radical (unpaired) electrons. The lowest BCUT2D eigenvalue weighted by Gasteiger charge is -2.02. The molecule has 3 nitrogen and oxygen atoms in total. The predicted octanol–water partition coefficient (Wildman–Crippen LogP) is 2.60. The Labute approximate surface area is 84.9 Å². The Morgan fingerprint density at radius 3 is 2.47 bits per heavy atom. The van der Waals surface area contributed by atoms with Crippen LogP contribution in [0.25, 0.3) is 11.1 Å². The Bertz CT molecular complexity index is 451. The lowest BCUT2D eigenvalue weighted by atomic mass is 10.1. The summed E-state index contributed by atoms with van der Waals surface area (Å²) >= 11 is 0. The lowest BCUT2D eigenvalue weighted by molar-refractivity contribution is 0.146. The molecule has 15 heavy (non-hydrogen) atoms. The van der Waals surface area contributed by atoms with Crippen molar-refractivity contribution in [3.63, 3.8) is 0 Å². The number of alkyl halides is 2. The maximum absolute atomic E-state index is 12.6. The fourth-order valence-corrected chi connectivity index (χ4v) is 1.44. The van der Waals surface area contributed by atoms with E-state index in [1.54, 1.807) is 24.3 Å². The number of hydrogen-bond acceptors (Lipinski definition) is 2. The first-order valence-corrected chi connectivity index (χ1v) is 4.37. The van der Waals surface area contributed by atoms with Crippen LogP contribution in [0, 0.1) is 0 Å². The van der Waals surface area contributed by atoms with Gasteiger partial charge in [0.05, 0.1) is 5.56 Å². The van der Waals surface area contributed by atoms with Crippen LogP contribution in [0.15, 0.2) is 30.3 Å². The molecule has 2 rings (SSSR count). The molecule has 0 aliphatic carbocycles. The first-order chi connectivity index (χ1) is 7.20. The summed E-state index contributed by atoms with van der Waals surface area (Å²) in [5.41, 5.74) is 6.22. The van der Waals surface area contributed by atoms with Crippen molar-refractivity contribution in [2.45, 2.75) is 6.43 Å². The number of nitrogen functional groups attached to an aromatic ring is 1. The van der Waals surface area contributed by atoms with Gasteiger partial charge >= 0.3 is 0 Å². The third-order valence-electron chi connectivity index (χ3n) is 2.10. The molecule has 0 aliphatic heterocycles. The van der Waals surface area contributed by atoms with Crippen molar-refractivity contribution in [1.29, 1.82) is 0 Å². The van der Waals surface area contributed by atoms with Gasteiger partial charge in [-0.3, -0.25) is 5.10 Å². The number of aromatic amines is 1. The molecule has 0 atom stereocenters. The van der Waals surface area contributed by atoms with Gasteiger partial charge in [-0.15, -0.1) is 0 Å². The zero-order valence-corrected chi connectivity index (χ0v) is 7.74. The minimum atomic E-state index is -2.61. The summed E-state index contributed by atoms with van der Waals surface area (Å²) < 4.78 is 25.2. The van der Waals surface area contributed by atoms with E-state index in [1.165, 1.54) is 0 Å². The van der Waals surface area contributed by atoms with E-state index in [0.717, 1.165) is 0 Å². The highest BCUT2D eigenvalue weighted by molar-refractivity contribution is 5.76. The quantitative estimate of drug-likeness (QED) is 0.798. The van der Waals surface area contributed by atoms with Gasteiger partial charge in [-0.1, -0.05) is 30.3 Å². The second kappa shape index (κ2) is 3.68. The Hall–Kier alpha value is -1.91. The molecule has 0 aliphatic rings. The first-order valence-electron chi connectivity index (χ1n) is 4.37. The molecule has 0 amide bonds. The Kier molecular flexibility index (Phi) is 2.37. The molecule has 0 fully saturated rings. The van der Waals surface area contributed by atoms with Gasteiger partial charge in [0, 0.05) is 0 Å². The van der Waals surface area contributed by atoms with E-state index in [2.05, 4.69) is 10.2 Å². The van der Waals surface area contributed by atoms with Crippen LogP contribution >= 0.6 is 0 Å². The first kappa shape index (κ1) is 9.64. The molecular formula is C10H9F2N3. The van der Waals surface area contributed by atoms with Crippen LogP contribution in [0.4, 0.5) is 14.6 Å². The standard InChI is InChI=1S/C10H9F2N3/c11-9(12)8-7(10(13)15-14-8)6-4-2-1-3-5-6/h1-5,9H,(H3,13,14,15). The Morgan fingerprint density at radius 1 is 1.20 bits per heavy atom. The molecule has 1 aromatic carbocycles. The molecule has 0 spiro atoms. The molecule has 3 N–H and O–H groups in total. The molecule has 0 bridgehead atoms. The largest absolute Gasteiger partial charge is 0.382 e. The summed E-state index contributed by atoms with van der Waals surface area (Å²) in [6.07, 6.45) is -2.61. The summed E-state index contributed by atoms with van der Waals surface area (Å²) in [5, 5.41) is 5.83. The van der Waals surface area contributed by atoms with E-state index in [9.17, 15) is 8.78 Å². The van der Waals surface area contributed by atoms with Crippen LogP contribution in [0.1, 0.15) is 12.1 Å². The number of H-pyrrole nitrogens is 1. The molecule has 5 heteroatoms. The monoisotopic (exact) mass is 209 g/mol. The number of anilines is 1. The van der Waals surface area contributed by atoms with Gasteiger partial charge in [-0.05, 0) is 5.56 Å².